The van der Waals surface area contributed by atoms with Gasteiger partial charge in [0.1, 0.15) is 17.0 Å². The third kappa shape index (κ3) is 3.57. The van der Waals surface area contributed by atoms with Crippen LogP contribution in [0, 0.1) is 0 Å². The topological polar surface area (TPSA) is 63.6 Å². The highest BCUT2D eigenvalue weighted by Gasteiger charge is 2.50. The highest BCUT2D eigenvalue weighted by atomic mass is 16.5. The smallest absolute Gasteiger partial charge is 0.271 e. The fraction of sp³-hybridized carbons (Fsp3) is 0.615. The number of hydrogen-bond acceptors (Lipinski definition) is 3. The molecule has 1 unspecified atom stereocenters. The van der Waals surface area contributed by atoms with Gasteiger partial charge in [-0.3, -0.25) is 9.59 Å². The van der Waals surface area contributed by atoms with E-state index in [1.807, 2.05) is 40.7 Å². The molecular formula is C26H35N3O3. The van der Waals surface area contributed by atoms with Crippen LogP contribution in [0.4, 0.5) is 0 Å². The minimum atomic E-state index is -0.906. The maximum atomic E-state index is 14.0. The zero-order valence-corrected chi connectivity index (χ0v) is 19.4. The Bertz CT molecular complexity index is 1010. The van der Waals surface area contributed by atoms with Crippen LogP contribution in [0.15, 0.2) is 24.3 Å². The summed E-state index contributed by atoms with van der Waals surface area (Å²) in [7, 11) is 1.65. The Labute approximate surface area is 190 Å². The van der Waals surface area contributed by atoms with Gasteiger partial charge in [0.25, 0.3) is 5.91 Å². The number of carbonyl (C=O) groups excluding carboxylic acids is 2. The van der Waals surface area contributed by atoms with Crippen molar-refractivity contribution in [2.75, 3.05) is 7.11 Å². The molecule has 32 heavy (non-hydrogen) atoms. The standard InChI is InChI=1S/C26H35N3O3/c1-26(25(31)27-19-9-7-8-10-19)17-28-22-16-21(32-2)14-13-18(22)15-23(28)24(30)29(26)20-11-5-3-4-6-12-20/h13-16,19-20H,3-12,17H2,1-2H3,(H,27,31). The van der Waals surface area contributed by atoms with Gasteiger partial charge in [-0.2, -0.15) is 0 Å². The Hall–Kier alpha value is -2.50. The summed E-state index contributed by atoms with van der Waals surface area (Å²) in [5.41, 5.74) is 0.730. The number of hydrogen-bond donors (Lipinski definition) is 1. The molecule has 172 valence electrons. The molecule has 2 aliphatic carbocycles. The fourth-order valence-electron chi connectivity index (χ4n) is 6.12. The Balaban J connectivity index is 1.58. The number of nitrogens with zero attached hydrogens (tertiary/aromatic N) is 2. The van der Waals surface area contributed by atoms with Crippen LogP contribution in [0.3, 0.4) is 0 Å². The summed E-state index contributed by atoms with van der Waals surface area (Å²) in [5, 5.41) is 4.33. The van der Waals surface area contributed by atoms with Crippen LogP contribution in [-0.2, 0) is 11.3 Å². The first-order chi connectivity index (χ1) is 15.5. The van der Waals surface area contributed by atoms with E-state index in [2.05, 4.69) is 5.32 Å². The van der Waals surface area contributed by atoms with Gasteiger partial charge in [0.05, 0.1) is 19.2 Å². The predicted molar refractivity (Wildman–Crippen MR) is 125 cm³/mol. The molecule has 1 N–H and O–H groups in total. The summed E-state index contributed by atoms with van der Waals surface area (Å²) < 4.78 is 7.48. The first-order valence-electron chi connectivity index (χ1n) is 12.3. The molecule has 3 aliphatic rings. The molecule has 0 radical (unpaired) electrons. The number of fused-ring (bicyclic) bond motifs is 3. The average Bonchev–Trinajstić information content (AvgIpc) is 3.34. The predicted octanol–water partition coefficient (Wildman–Crippen LogP) is 4.65. The van der Waals surface area contributed by atoms with Crippen molar-refractivity contribution in [2.24, 2.45) is 0 Å². The van der Waals surface area contributed by atoms with Crippen molar-refractivity contribution in [3.8, 4) is 5.75 Å². The second-order valence-electron chi connectivity index (χ2n) is 10.1. The van der Waals surface area contributed by atoms with Crippen LogP contribution >= 0.6 is 0 Å². The van der Waals surface area contributed by atoms with Crippen molar-refractivity contribution in [3.05, 3.63) is 30.0 Å². The zero-order valence-electron chi connectivity index (χ0n) is 19.4. The quantitative estimate of drug-likeness (QED) is 0.709. The van der Waals surface area contributed by atoms with Gasteiger partial charge in [0.15, 0.2) is 0 Å². The summed E-state index contributed by atoms with van der Waals surface area (Å²) in [5.74, 6) is 0.744. The Morgan fingerprint density at radius 2 is 1.72 bits per heavy atom. The molecule has 6 heteroatoms. The van der Waals surface area contributed by atoms with Crippen molar-refractivity contribution in [3.63, 3.8) is 0 Å². The van der Waals surface area contributed by atoms with Crippen LogP contribution in [-0.4, -0.2) is 46.0 Å². The lowest BCUT2D eigenvalue weighted by Crippen LogP contribution is -2.67. The molecule has 0 spiro atoms. The van der Waals surface area contributed by atoms with Crippen LogP contribution in [0.2, 0.25) is 0 Å². The molecule has 1 aromatic carbocycles. The molecule has 0 bridgehead atoms. The van der Waals surface area contributed by atoms with E-state index in [-0.39, 0.29) is 23.9 Å². The summed E-state index contributed by atoms with van der Waals surface area (Å²) in [6.07, 6.45) is 11.0. The van der Waals surface area contributed by atoms with Crippen molar-refractivity contribution in [1.29, 1.82) is 0 Å². The number of nitrogens with one attached hydrogen (secondary N) is 1. The van der Waals surface area contributed by atoms with E-state index in [1.54, 1.807) is 7.11 Å². The molecule has 1 aliphatic heterocycles. The molecule has 2 heterocycles. The summed E-state index contributed by atoms with van der Waals surface area (Å²) in [6.45, 7) is 2.45. The highest BCUT2D eigenvalue weighted by molar-refractivity contribution is 6.04. The molecular weight excluding hydrogens is 402 g/mol. The number of rotatable bonds is 4. The molecule has 2 aromatic rings. The van der Waals surface area contributed by atoms with E-state index >= 15 is 0 Å². The third-order valence-electron chi connectivity index (χ3n) is 7.92. The molecule has 5 rings (SSSR count). The lowest BCUT2D eigenvalue weighted by molar-refractivity contribution is -0.135. The molecule has 1 atom stereocenters. The molecule has 2 fully saturated rings. The SMILES string of the molecule is COc1ccc2cc3n(c2c1)CC(C)(C(=O)NC1CCCC1)N(C1CCCCCC1)C3=O. The van der Waals surface area contributed by atoms with E-state index < -0.39 is 5.54 Å². The largest absolute Gasteiger partial charge is 0.497 e. The second kappa shape index (κ2) is 8.45. The lowest BCUT2D eigenvalue weighted by atomic mass is 9.90. The van der Waals surface area contributed by atoms with Crippen LogP contribution in [0.5, 0.6) is 5.75 Å². The average molecular weight is 438 g/mol. The third-order valence-corrected chi connectivity index (χ3v) is 7.92. The van der Waals surface area contributed by atoms with Crippen molar-refractivity contribution in [2.45, 2.75) is 95.3 Å². The molecule has 1 aromatic heterocycles. The number of ether oxygens (including phenoxy) is 1. The fourth-order valence-corrected chi connectivity index (χ4v) is 6.12. The van der Waals surface area contributed by atoms with Crippen LogP contribution in [0.1, 0.15) is 81.6 Å². The Morgan fingerprint density at radius 1 is 1.03 bits per heavy atom. The zero-order chi connectivity index (χ0) is 22.3. The second-order valence-corrected chi connectivity index (χ2v) is 10.1. The monoisotopic (exact) mass is 437 g/mol. The highest BCUT2D eigenvalue weighted by Crippen LogP contribution is 2.38. The Kier molecular flexibility index (Phi) is 5.64. The minimum Gasteiger partial charge on any atom is -0.497 e. The normalized spacial score (nSPS) is 25.1. The molecule has 2 saturated carbocycles. The number of methoxy groups -OCH3 is 1. The van der Waals surface area contributed by atoms with Crippen LogP contribution in [0.25, 0.3) is 10.9 Å². The van der Waals surface area contributed by atoms with Crippen molar-refractivity contribution >= 4 is 22.7 Å². The first kappa shape index (κ1) is 21.4. The molecule has 0 saturated heterocycles. The maximum absolute atomic E-state index is 14.0. The van der Waals surface area contributed by atoms with Gasteiger partial charge in [-0.05, 0) is 50.8 Å². The summed E-state index contributed by atoms with van der Waals surface area (Å²) >= 11 is 0. The minimum absolute atomic E-state index is 0.00241. The first-order valence-corrected chi connectivity index (χ1v) is 12.3. The molecule has 2 amide bonds. The Morgan fingerprint density at radius 3 is 2.41 bits per heavy atom. The van der Waals surface area contributed by atoms with Gasteiger partial charge in [0, 0.05) is 23.5 Å². The maximum Gasteiger partial charge on any atom is 0.271 e. The van der Waals surface area contributed by atoms with E-state index in [4.69, 9.17) is 4.74 Å². The van der Waals surface area contributed by atoms with E-state index in [1.165, 1.54) is 25.7 Å². The molecule has 6 nitrogen and oxygen atoms in total. The number of benzene rings is 1. The van der Waals surface area contributed by atoms with Crippen molar-refractivity contribution < 1.29 is 14.3 Å². The lowest BCUT2D eigenvalue weighted by Gasteiger charge is -2.48. The van der Waals surface area contributed by atoms with E-state index in [9.17, 15) is 9.59 Å². The van der Waals surface area contributed by atoms with Gasteiger partial charge in [-0.25, -0.2) is 0 Å². The van der Waals surface area contributed by atoms with Crippen molar-refractivity contribution in [1.82, 2.24) is 14.8 Å². The summed E-state index contributed by atoms with van der Waals surface area (Å²) in [4.78, 5) is 29.8. The van der Waals surface area contributed by atoms with E-state index in [0.29, 0.717) is 12.2 Å². The van der Waals surface area contributed by atoms with Gasteiger partial charge < -0.3 is 19.5 Å². The van der Waals surface area contributed by atoms with Gasteiger partial charge in [-0.1, -0.05) is 38.5 Å². The number of aromatic nitrogens is 1. The summed E-state index contributed by atoms with van der Waals surface area (Å²) in [6, 6.07) is 8.23. The van der Waals surface area contributed by atoms with Crippen LogP contribution < -0.4 is 10.1 Å². The number of amides is 2. The number of carbonyl (C=O) groups is 2. The van der Waals surface area contributed by atoms with Gasteiger partial charge in [0.2, 0.25) is 5.91 Å². The van der Waals surface area contributed by atoms with Gasteiger partial charge in [-0.15, -0.1) is 0 Å². The van der Waals surface area contributed by atoms with Gasteiger partial charge >= 0.3 is 0 Å². The van der Waals surface area contributed by atoms with E-state index in [0.717, 1.165) is 55.2 Å².